The lowest BCUT2D eigenvalue weighted by molar-refractivity contribution is 0.474. The number of hydrogen-bond acceptors (Lipinski definition) is 6. The minimum absolute atomic E-state index is 0.244. The van der Waals surface area contributed by atoms with Crippen LogP contribution in [0.25, 0.3) is 56.2 Å². The van der Waals surface area contributed by atoms with E-state index in [0.29, 0.717) is 0 Å². The van der Waals surface area contributed by atoms with Crippen molar-refractivity contribution < 1.29 is 19.0 Å². The molecular weight excluding hydrogens is 528 g/mol. The highest BCUT2D eigenvalue weighted by Gasteiger charge is 2.16. The van der Waals surface area contributed by atoms with Gasteiger partial charge in [0.15, 0.2) is 0 Å². The monoisotopic (exact) mass is 552 g/mol. The first-order valence-corrected chi connectivity index (χ1v) is 13.2. The standard InChI is InChI=1S/2C17H12N2O2/c2*20-14-7-5-13(6-8-14)19-16-4-2-1-3-15(16)18-17(19)12-9-10-21-11-12/h2*1-11,20H. The number of phenols is 2. The number of aromatic nitrogens is 4. The van der Waals surface area contributed by atoms with Crippen molar-refractivity contribution in [1.29, 1.82) is 0 Å². The molecule has 2 N–H and O–H groups in total. The summed E-state index contributed by atoms with van der Waals surface area (Å²) in [4.78, 5) is 9.39. The Bertz CT molecular complexity index is 1930. The van der Waals surface area contributed by atoms with E-state index in [0.717, 1.165) is 56.2 Å². The van der Waals surface area contributed by atoms with Gasteiger partial charge in [0, 0.05) is 11.4 Å². The van der Waals surface area contributed by atoms with E-state index in [9.17, 15) is 10.2 Å². The molecule has 8 aromatic rings. The Hall–Kier alpha value is -6.02. The number of fused-ring (bicyclic) bond motifs is 2. The molecule has 4 aromatic carbocycles. The van der Waals surface area contributed by atoms with Crippen molar-refractivity contribution >= 4 is 22.1 Å². The molecule has 4 aromatic heterocycles. The lowest BCUT2D eigenvalue weighted by Gasteiger charge is -2.08. The highest BCUT2D eigenvalue weighted by molar-refractivity contribution is 5.84. The quantitative estimate of drug-likeness (QED) is 0.229. The van der Waals surface area contributed by atoms with Crippen LogP contribution in [0.4, 0.5) is 0 Å². The summed E-state index contributed by atoms with van der Waals surface area (Å²) >= 11 is 0. The number of para-hydroxylation sites is 4. The summed E-state index contributed by atoms with van der Waals surface area (Å²) in [6.07, 6.45) is 6.63. The molecule has 0 fully saturated rings. The number of rotatable bonds is 4. The number of phenolic OH excluding ortho intramolecular Hbond substituents is 2. The fraction of sp³-hybridized carbons (Fsp3) is 0. The largest absolute Gasteiger partial charge is 0.508 e. The highest BCUT2D eigenvalue weighted by atomic mass is 16.3. The number of furan rings is 2. The zero-order valence-electron chi connectivity index (χ0n) is 22.2. The number of nitrogens with zero attached hydrogens (tertiary/aromatic N) is 4. The van der Waals surface area contributed by atoms with Crippen molar-refractivity contribution in [3.05, 3.63) is 134 Å². The summed E-state index contributed by atoms with van der Waals surface area (Å²) in [5.74, 6) is 2.12. The number of imidazole rings is 2. The molecule has 0 aliphatic heterocycles. The van der Waals surface area contributed by atoms with Gasteiger partial charge < -0.3 is 19.0 Å². The fourth-order valence-corrected chi connectivity index (χ4v) is 4.95. The van der Waals surface area contributed by atoms with Gasteiger partial charge in [0.2, 0.25) is 0 Å². The molecule has 0 spiro atoms. The average Bonchev–Trinajstić information content (AvgIpc) is 3.83. The van der Waals surface area contributed by atoms with Crippen LogP contribution in [0.5, 0.6) is 11.5 Å². The minimum Gasteiger partial charge on any atom is -0.508 e. The molecule has 0 unspecified atom stereocenters. The Labute approximate surface area is 240 Å². The lowest BCUT2D eigenvalue weighted by Crippen LogP contribution is -1.96. The first kappa shape index (κ1) is 25.0. The van der Waals surface area contributed by atoms with Crippen molar-refractivity contribution in [1.82, 2.24) is 19.1 Å². The number of hydrogen-bond donors (Lipinski definition) is 2. The second-order valence-corrected chi connectivity index (χ2v) is 9.58. The zero-order chi connectivity index (χ0) is 28.5. The summed E-state index contributed by atoms with van der Waals surface area (Å²) in [5.41, 5.74) is 7.58. The van der Waals surface area contributed by atoms with Gasteiger partial charge in [0.1, 0.15) is 35.7 Å². The number of aromatic hydroxyl groups is 2. The minimum atomic E-state index is 0.244. The maximum absolute atomic E-state index is 9.48. The highest BCUT2D eigenvalue weighted by Crippen LogP contribution is 2.31. The lowest BCUT2D eigenvalue weighted by atomic mass is 10.2. The third kappa shape index (κ3) is 4.56. The van der Waals surface area contributed by atoms with Crippen molar-refractivity contribution in [2.75, 3.05) is 0 Å². The van der Waals surface area contributed by atoms with E-state index in [2.05, 4.69) is 9.13 Å². The van der Waals surface area contributed by atoms with Crippen molar-refractivity contribution in [2.45, 2.75) is 0 Å². The summed E-state index contributed by atoms with van der Waals surface area (Å²) < 4.78 is 14.5. The molecule has 42 heavy (non-hydrogen) atoms. The first-order chi connectivity index (χ1) is 20.7. The van der Waals surface area contributed by atoms with Crippen LogP contribution in [0.15, 0.2) is 143 Å². The van der Waals surface area contributed by atoms with Crippen LogP contribution >= 0.6 is 0 Å². The molecular formula is C34H24N4O4. The Morgan fingerprint density at radius 1 is 0.476 bits per heavy atom. The van der Waals surface area contributed by atoms with Crippen LogP contribution in [-0.2, 0) is 0 Å². The Morgan fingerprint density at radius 2 is 0.881 bits per heavy atom. The fourth-order valence-electron chi connectivity index (χ4n) is 4.95. The second-order valence-electron chi connectivity index (χ2n) is 9.58. The van der Waals surface area contributed by atoms with Crippen LogP contribution in [0.3, 0.4) is 0 Å². The summed E-state index contributed by atoms with van der Waals surface area (Å²) in [6.45, 7) is 0. The molecule has 0 saturated heterocycles. The molecule has 0 saturated carbocycles. The van der Waals surface area contributed by atoms with E-state index in [4.69, 9.17) is 18.8 Å². The van der Waals surface area contributed by atoms with Gasteiger partial charge in [-0.25, -0.2) is 9.97 Å². The van der Waals surface area contributed by atoms with Gasteiger partial charge in [0.05, 0.1) is 45.7 Å². The van der Waals surface area contributed by atoms with Gasteiger partial charge in [0.25, 0.3) is 0 Å². The van der Waals surface area contributed by atoms with Crippen molar-refractivity contribution in [2.24, 2.45) is 0 Å². The van der Waals surface area contributed by atoms with E-state index >= 15 is 0 Å². The van der Waals surface area contributed by atoms with Crippen molar-refractivity contribution in [3.8, 4) is 45.6 Å². The molecule has 8 heteroatoms. The SMILES string of the molecule is Oc1ccc(-n2c(-c3ccoc3)nc3ccccc32)cc1.Oc1ccc(-n2c(-c3ccoc3)nc3ccccc32)cc1. The zero-order valence-corrected chi connectivity index (χ0v) is 22.2. The molecule has 0 aliphatic carbocycles. The van der Waals surface area contributed by atoms with Gasteiger partial charge in [-0.2, -0.15) is 0 Å². The van der Waals surface area contributed by atoms with Gasteiger partial charge in [-0.15, -0.1) is 0 Å². The van der Waals surface area contributed by atoms with Crippen molar-refractivity contribution in [3.63, 3.8) is 0 Å². The maximum Gasteiger partial charge on any atom is 0.148 e. The Balaban J connectivity index is 0.000000137. The van der Waals surface area contributed by atoms with E-state index in [-0.39, 0.29) is 11.5 Å². The van der Waals surface area contributed by atoms with Crippen LogP contribution in [0, 0.1) is 0 Å². The molecule has 0 bridgehead atoms. The van der Waals surface area contributed by atoms with Crippen LogP contribution in [0.2, 0.25) is 0 Å². The smallest absolute Gasteiger partial charge is 0.148 e. The normalized spacial score (nSPS) is 11.0. The van der Waals surface area contributed by atoms with E-state index in [1.807, 2.05) is 84.9 Å². The van der Waals surface area contributed by atoms with E-state index < -0.39 is 0 Å². The molecule has 4 heterocycles. The Kier molecular flexibility index (Phi) is 6.25. The maximum atomic E-state index is 9.48. The van der Waals surface area contributed by atoms with Crippen LogP contribution in [0.1, 0.15) is 0 Å². The summed E-state index contributed by atoms with van der Waals surface area (Å²) in [7, 11) is 0. The molecule has 0 aliphatic rings. The van der Waals surface area contributed by atoms with Gasteiger partial charge >= 0.3 is 0 Å². The predicted octanol–water partition coefficient (Wildman–Crippen LogP) is 7.98. The predicted molar refractivity (Wildman–Crippen MR) is 161 cm³/mol. The number of benzene rings is 4. The average molecular weight is 553 g/mol. The molecule has 0 radical (unpaired) electrons. The summed E-state index contributed by atoms with van der Waals surface area (Å²) in [6, 6.07) is 33.9. The van der Waals surface area contributed by atoms with E-state index in [1.54, 1.807) is 49.3 Å². The third-order valence-electron chi connectivity index (χ3n) is 6.90. The topological polar surface area (TPSA) is 102 Å². The molecule has 8 nitrogen and oxygen atoms in total. The van der Waals surface area contributed by atoms with E-state index in [1.165, 1.54) is 0 Å². The molecule has 8 rings (SSSR count). The molecule has 0 atom stereocenters. The van der Waals surface area contributed by atoms with Gasteiger partial charge in [-0.1, -0.05) is 24.3 Å². The third-order valence-corrected chi connectivity index (χ3v) is 6.90. The molecule has 0 amide bonds. The summed E-state index contributed by atoms with van der Waals surface area (Å²) in [5, 5.41) is 19.0. The van der Waals surface area contributed by atoms with Crippen LogP contribution in [-0.4, -0.2) is 29.3 Å². The van der Waals surface area contributed by atoms with Gasteiger partial charge in [-0.05, 0) is 84.9 Å². The first-order valence-electron chi connectivity index (χ1n) is 13.2. The second kappa shape index (κ2) is 10.5. The Morgan fingerprint density at radius 3 is 1.26 bits per heavy atom. The van der Waals surface area contributed by atoms with Gasteiger partial charge in [-0.3, -0.25) is 9.13 Å². The molecule has 204 valence electrons. The van der Waals surface area contributed by atoms with Crippen LogP contribution < -0.4 is 0 Å².